The van der Waals surface area contributed by atoms with E-state index in [9.17, 15) is 0 Å². The van der Waals surface area contributed by atoms with Crippen LogP contribution in [0.5, 0.6) is 0 Å². The highest BCUT2D eigenvalue weighted by Crippen LogP contribution is 2.15. The van der Waals surface area contributed by atoms with Gasteiger partial charge in [-0.15, -0.1) is 23.4 Å². The van der Waals surface area contributed by atoms with Crippen LogP contribution in [0.3, 0.4) is 0 Å². The molecule has 1 rings (SSSR count). The fourth-order valence-electron chi connectivity index (χ4n) is 1.05. The summed E-state index contributed by atoms with van der Waals surface area (Å²) in [5.74, 6) is 1.77. The van der Waals surface area contributed by atoms with Crippen LogP contribution < -0.4 is 5.32 Å². The molecule has 14 heavy (non-hydrogen) atoms. The van der Waals surface area contributed by atoms with E-state index < -0.39 is 0 Å². The standard InChI is InChI=1S/C11H16ClNS/c1-10(9-12)13-7-8-14-11-5-3-2-4-6-11/h2-6,10,13H,7-9H2,1H3. The third-order valence-corrected chi connectivity index (χ3v) is 3.31. The minimum Gasteiger partial charge on any atom is -0.312 e. The van der Waals surface area contributed by atoms with Gasteiger partial charge in [0, 0.05) is 29.1 Å². The molecule has 1 N–H and O–H groups in total. The Bertz CT molecular complexity index is 240. The van der Waals surface area contributed by atoms with Crippen molar-refractivity contribution >= 4 is 23.4 Å². The third-order valence-electron chi connectivity index (χ3n) is 1.84. The van der Waals surface area contributed by atoms with Gasteiger partial charge in [-0.05, 0) is 19.1 Å². The molecule has 1 aromatic carbocycles. The van der Waals surface area contributed by atoms with Gasteiger partial charge in [0.05, 0.1) is 0 Å². The Hall–Kier alpha value is -0.180. The van der Waals surface area contributed by atoms with E-state index in [2.05, 4.69) is 36.5 Å². The van der Waals surface area contributed by atoms with Crippen molar-refractivity contribution < 1.29 is 0 Å². The summed E-state index contributed by atoms with van der Waals surface area (Å²) in [5, 5.41) is 3.35. The largest absolute Gasteiger partial charge is 0.312 e. The number of alkyl halides is 1. The number of nitrogens with one attached hydrogen (secondary N) is 1. The quantitative estimate of drug-likeness (QED) is 0.457. The Morgan fingerprint density at radius 1 is 1.36 bits per heavy atom. The maximum Gasteiger partial charge on any atom is 0.0374 e. The molecule has 1 aromatic rings. The van der Waals surface area contributed by atoms with Crippen molar-refractivity contribution in [2.75, 3.05) is 18.2 Å². The molecular weight excluding hydrogens is 214 g/mol. The topological polar surface area (TPSA) is 12.0 Å². The summed E-state index contributed by atoms with van der Waals surface area (Å²) in [7, 11) is 0. The molecule has 1 atom stereocenters. The predicted octanol–water partition coefficient (Wildman–Crippen LogP) is 3.00. The minimum absolute atomic E-state index is 0.410. The summed E-state index contributed by atoms with van der Waals surface area (Å²) in [4.78, 5) is 1.33. The SMILES string of the molecule is CC(CCl)NCCSc1ccccc1. The fraction of sp³-hybridized carbons (Fsp3) is 0.455. The Balaban J connectivity index is 2.10. The van der Waals surface area contributed by atoms with Crippen molar-refractivity contribution in [2.24, 2.45) is 0 Å². The first kappa shape index (κ1) is 11.9. The summed E-state index contributed by atoms with van der Waals surface area (Å²) in [6.45, 7) is 3.10. The van der Waals surface area contributed by atoms with E-state index in [1.54, 1.807) is 0 Å². The van der Waals surface area contributed by atoms with Crippen LogP contribution in [0.4, 0.5) is 0 Å². The van der Waals surface area contributed by atoms with E-state index >= 15 is 0 Å². The zero-order valence-corrected chi connectivity index (χ0v) is 9.94. The van der Waals surface area contributed by atoms with Crippen LogP contribution >= 0.6 is 23.4 Å². The molecule has 0 heterocycles. The van der Waals surface area contributed by atoms with Crippen LogP contribution in [0.15, 0.2) is 35.2 Å². The molecule has 0 aliphatic rings. The molecule has 0 saturated carbocycles. The van der Waals surface area contributed by atoms with Crippen molar-refractivity contribution in [3.8, 4) is 0 Å². The molecule has 1 nitrogen and oxygen atoms in total. The first-order valence-electron chi connectivity index (χ1n) is 4.80. The van der Waals surface area contributed by atoms with Gasteiger partial charge in [0.1, 0.15) is 0 Å². The lowest BCUT2D eigenvalue weighted by atomic mass is 10.4. The molecular formula is C11H16ClNS. The number of thioether (sulfide) groups is 1. The average molecular weight is 230 g/mol. The predicted molar refractivity (Wildman–Crippen MR) is 65.4 cm³/mol. The van der Waals surface area contributed by atoms with Crippen molar-refractivity contribution in [3.63, 3.8) is 0 Å². The molecule has 0 amide bonds. The highest BCUT2D eigenvalue weighted by molar-refractivity contribution is 7.99. The molecule has 3 heteroatoms. The summed E-state index contributed by atoms with van der Waals surface area (Å²) in [6, 6.07) is 10.9. The second-order valence-electron chi connectivity index (χ2n) is 3.17. The second kappa shape index (κ2) is 7.16. The third kappa shape index (κ3) is 4.89. The van der Waals surface area contributed by atoms with Crippen LogP contribution in [0.2, 0.25) is 0 Å². The fourth-order valence-corrected chi connectivity index (χ4v) is 1.96. The Morgan fingerprint density at radius 2 is 2.07 bits per heavy atom. The Labute approximate surface area is 95.2 Å². The summed E-state index contributed by atoms with van der Waals surface area (Å²) >= 11 is 7.55. The van der Waals surface area contributed by atoms with Gasteiger partial charge in [0.2, 0.25) is 0 Å². The van der Waals surface area contributed by atoms with Gasteiger partial charge in [-0.25, -0.2) is 0 Å². The molecule has 0 aliphatic carbocycles. The van der Waals surface area contributed by atoms with Gasteiger partial charge in [0.25, 0.3) is 0 Å². The second-order valence-corrected chi connectivity index (χ2v) is 4.65. The average Bonchev–Trinajstić information content (AvgIpc) is 2.25. The van der Waals surface area contributed by atoms with Gasteiger partial charge >= 0.3 is 0 Å². The number of hydrogen-bond acceptors (Lipinski definition) is 2. The van der Waals surface area contributed by atoms with Gasteiger partial charge in [-0.2, -0.15) is 0 Å². The number of halogens is 1. The first-order chi connectivity index (χ1) is 6.83. The normalized spacial score (nSPS) is 12.7. The number of benzene rings is 1. The molecule has 0 spiro atoms. The maximum absolute atomic E-state index is 5.68. The van der Waals surface area contributed by atoms with Gasteiger partial charge < -0.3 is 5.32 Å². The van der Waals surface area contributed by atoms with E-state index in [-0.39, 0.29) is 0 Å². The number of rotatable bonds is 6. The lowest BCUT2D eigenvalue weighted by Crippen LogP contribution is -2.29. The van der Waals surface area contributed by atoms with Gasteiger partial charge in [-0.1, -0.05) is 18.2 Å². The molecule has 0 aliphatic heterocycles. The van der Waals surface area contributed by atoms with Crippen LogP contribution in [0.1, 0.15) is 6.92 Å². The minimum atomic E-state index is 0.410. The van der Waals surface area contributed by atoms with Crippen LogP contribution in [0.25, 0.3) is 0 Å². The molecule has 78 valence electrons. The first-order valence-corrected chi connectivity index (χ1v) is 6.32. The molecule has 0 aromatic heterocycles. The van der Waals surface area contributed by atoms with Crippen molar-refractivity contribution in [1.29, 1.82) is 0 Å². The lowest BCUT2D eigenvalue weighted by molar-refractivity contribution is 0.621. The molecule has 0 radical (unpaired) electrons. The number of hydrogen-bond donors (Lipinski definition) is 1. The van der Waals surface area contributed by atoms with Gasteiger partial charge in [0.15, 0.2) is 0 Å². The molecule has 0 bridgehead atoms. The van der Waals surface area contributed by atoms with Gasteiger partial charge in [-0.3, -0.25) is 0 Å². The summed E-state index contributed by atoms with van der Waals surface area (Å²) in [5.41, 5.74) is 0. The highest BCUT2D eigenvalue weighted by atomic mass is 35.5. The highest BCUT2D eigenvalue weighted by Gasteiger charge is 1.97. The lowest BCUT2D eigenvalue weighted by Gasteiger charge is -2.09. The smallest absolute Gasteiger partial charge is 0.0374 e. The molecule has 1 unspecified atom stereocenters. The Kier molecular flexibility index (Phi) is 6.08. The molecule has 0 fully saturated rings. The Morgan fingerprint density at radius 3 is 2.71 bits per heavy atom. The van der Waals surface area contributed by atoms with E-state index in [0.29, 0.717) is 11.9 Å². The van der Waals surface area contributed by atoms with E-state index in [1.807, 2.05) is 17.8 Å². The van der Waals surface area contributed by atoms with E-state index in [4.69, 9.17) is 11.6 Å². The van der Waals surface area contributed by atoms with Crippen molar-refractivity contribution in [1.82, 2.24) is 5.32 Å². The van der Waals surface area contributed by atoms with Crippen LogP contribution in [-0.4, -0.2) is 24.2 Å². The van der Waals surface area contributed by atoms with Crippen molar-refractivity contribution in [3.05, 3.63) is 30.3 Å². The van der Waals surface area contributed by atoms with Crippen LogP contribution in [-0.2, 0) is 0 Å². The van der Waals surface area contributed by atoms with E-state index in [1.165, 1.54) is 4.90 Å². The van der Waals surface area contributed by atoms with Crippen molar-refractivity contribution in [2.45, 2.75) is 17.9 Å². The molecule has 0 saturated heterocycles. The summed E-state index contributed by atoms with van der Waals surface area (Å²) < 4.78 is 0. The monoisotopic (exact) mass is 229 g/mol. The van der Waals surface area contributed by atoms with Crippen LogP contribution in [0, 0.1) is 0 Å². The van der Waals surface area contributed by atoms with E-state index in [0.717, 1.165) is 12.3 Å². The zero-order valence-electron chi connectivity index (χ0n) is 8.37. The maximum atomic E-state index is 5.68. The summed E-state index contributed by atoms with van der Waals surface area (Å²) in [6.07, 6.45) is 0. The zero-order chi connectivity index (χ0) is 10.2.